The maximum atomic E-state index is 12.4. The number of rotatable bonds is 4. The zero-order valence-electron chi connectivity index (χ0n) is 13.3. The number of methoxy groups -OCH3 is 2. The van der Waals surface area contributed by atoms with Gasteiger partial charge in [-0.2, -0.15) is 0 Å². The maximum Gasteiger partial charge on any atom is 0.328 e. The number of carbonyl (C=O) groups is 3. The third-order valence-electron chi connectivity index (χ3n) is 3.47. The first-order valence-corrected chi connectivity index (χ1v) is 7.70. The van der Waals surface area contributed by atoms with Gasteiger partial charge in [0.1, 0.15) is 11.8 Å². The van der Waals surface area contributed by atoms with E-state index in [9.17, 15) is 14.4 Å². The second-order valence-corrected chi connectivity index (χ2v) is 5.97. The predicted octanol–water partition coefficient (Wildman–Crippen LogP) is 2.60. The van der Waals surface area contributed by atoms with E-state index in [1.165, 1.54) is 14.0 Å². The molecule has 1 aliphatic rings. The Morgan fingerprint density at radius 1 is 1.30 bits per heavy atom. The molecule has 1 heterocycles. The number of imide groups is 1. The zero-order valence-corrected chi connectivity index (χ0v) is 14.1. The van der Waals surface area contributed by atoms with Gasteiger partial charge in [0, 0.05) is 0 Å². The Bertz CT molecular complexity index is 698. The smallest absolute Gasteiger partial charge is 0.328 e. The van der Waals surface area contributed by atoms with Gasteiger partial charge in [-0.05, 0) is 54.9 Å². The molecule has 1 atom stereocenters. The number of aryl methyl sites for hydroxylation is 1. The van der Waals surface area contributed by atoms with Gasteiger partial charge in [-0.25, -0.2) is 4.79 Å². The van der Waals surface area contributed by atoms with Crippen LogP contribution in [0, 0.1) is 6.92 Å². The van der Waals surface area contributed by atoms with Crippen molar-refractivity contribution in [2.45, 2.75) is 19.9 Å². The van der Waals surface area contributed by atoms with Gasteiger partial charge in [-0.3, -0.25) is 14.5 Å². The average molecular weight is 335 g/mol. The Balaban J connectivity index is 2.28. The third kappa shape index (κ3) is 3.39. The lowest BCUT2D eigenvalue weighted by Crippen LogP contribution is -2.42. The quantitative estimate of drug-likeness (QED) is 0.622. The van der Waals surface area contributed by atoms with Gasteiger partial charge in [0.15, 0.2) is 0 Å². The lowest BCUT2D eigenvalue weighted by atomic mass is 10.1. The second-order valence-electron chi connectivity index (χ2n) is 4.98. The number of carbonyl (C=O) groups excluding carboxylic acids is 3. The maximum absolute atomic E-state index is 12.4. The third-order valence-corrected chi connectivity index (χ3v) is 4.35. The van der Waals surface area contributed by atoms with E-state index in [0.29, 0.717) is 0 Å². The first kappa shape index (κ1) is 17.1. The molecule has 2 rings (SSSR count). The molecule has 0 radical (unpaired) electrons. The van der Waals surface area contributed by atoms with Crippen molar-refractivity contribution >= 4 is 35.0 Å². The van der Waals surface area contributed by atoms with Crippen LogP contribution in [0.2, 0.25) is 0 Å². The van der Waals surface area contributed by atoms with E-state index < -0.39 is 23.2 Å². The summed E-state index contributed by atoms with van der Waals surface area (Å²) in [7, 11) is 2.80. The van der Waals surface area contributed by atoms with Crippen LogP contribution in [0.15, 0.2) is 23.1 Å². The number of nitrogens with zero attached hydrogens (tertiary/aromatic N) is 1. The highest BCUT2D eigenvalue weighted by molar-refractivity contribution is 8.18. The highest BCUT2D eigenvalue weighted by Crippen LogP contribution is 2.34. The molecule has 0 aromatic heterocycles. The Labute approximate surface area is 138 Å². The van der Waals surface area contributed by atoms with Gasteiger partial charge in [-0.1, -0.05) is 6.07 Å². The van der Waals surface area contributed by atoms with Crippen LogP contribution in [0.1, 0.15) is 18.1 Å². The van der Waals surface area contributed by atoms with Gasteiger partial charge < -0.3 is 9.47 Å². The fourth-order valence-corrected chi connectivity index (χ4v) is 3.14. The average Bonchev–Trinajstić information content (AvgIpc) is 2.80. The standard InChI is InChI=1S/C16H17NO5S/c1-9-7-11(5-6-12(9)21-3)8-13-14(18)17(16(20)23-13)10(2)15(19)22-4/h5-8,10H,1-4H3/b13-8+/t10-/m0/s1. The van der Waals surface area contributed by atoms with Crippen molar-refractivity contribution in [1.82, 2.24) is 4.90 Å². The normalized spacial score (nSPS) is 17.6. The second kappa shape index (κ2) is 6.87. The van der Waals surface area contributed by atoms with Crippen molar-refractivity contribution in [1.29, 1.82) is 0 Å². The fourth-order valence-electron chi connectivity index (χ4n) is 2.23. The highest BCUT2D eigenvalue weighted by Gasteiger charge is 2.41. The minimum atomic E-state index is -0.948. The molecule has 1 fully saturated rings. The first-order valence-electron chi connectivity index (χ1n) is 6.88. The molecule has 0 saturated carbocycles. The summed E-state index contributed by atoms with van der Waals surface area (Å²) in [6.07, 6.45) is 1.63. The lowest BCUT2D eigenvalue weighted by molar-refractivity contribution is -0.148. The number of hydrogen-bond donors (Lipinski definition) is 0. The van der Waals surface area contributed by atoms with E-state index in [-0.39, 0.29) is 4.91 Å². The summed E-state index contributed by atoms with van der Waals surface area (Å²) >= 11 is 0.808. The monoisotopic (exact) mass is 335 g/mol. The number of benzene rings is 1. The number of thioether (sulfide) groups is 1. The zero-order chi connectivity index (χ0) is 17.1. The van der Waals surface area contributed by atoms with Crippen molar-refractivity contribution < 1.29 is 23.9 Å². The van der Waals surface area contributed by atoms with Gasteiger partial charge in [0.25, 0.3) is 11.1 Å². The number of esters is 1. The van der Waals surface area contributed by atoms with Crippen LogP contribution < -0.4 is 4.74 Å². The highest BCUT2D eigenvalue weighted by atomic mass is 32.2. The fraction of sp³-hybridized carbons (Fsp3) is 0.312. The summed E-state index contributed by atoms with van der Waals surface area (Å²) in [6.45, 7) is 3.35. The molecule has 6 nitrogen and oxygen atoms in total. The molecule has 2 amide bonds. The molecular weight excluding hydrogens is 318 g/mol. The minimum absolute atomic E-state index is 0.273. The SMILES string of the molecule is COC(=O)[C@H](C)N1C(=O)S/C(=C/c2ccc(OC)c(C)c2)C1=O. The van der Waals surface area contributed by atoms with E-state index in [1.807, 2.05) is 13.0 Å². The predicted molar refractivity (Wildman–Crippen MR) is 87.0 cm³/mol. The van der Waals surface area contributed by atoms with Crippen LogP contribution in [-0.2, 0) is 14.3 Å². The van der Waals surface area contributed by atoms with E-state index in [4.69, 9.17) is 4.74 Å². The minimum Gasteiger partial charge on any atom is -0.496 e. The molecule has 0 bridgehead atoms. The number of hydrogen-bond acceptors (Lipinski definition) is 6. The molecule has 0 spiro atoms. The first-order chi connectivity index (χ1) is 10.9. The molecule has 122 valence electrons. The molecule has 1 aromatic rings. The van der Waals surface area contributed by atoms with Gasteiger partial charge in [0.05, 0.1) is 19.1 Å². The Morgan fingerprint density at radius 2 is 2.00 bits per heavy atom. The van der Waals surface area contributed by atoms with Crippen LogP contribution in [0.5, 0.6) is 5.75 Å². The summed E-state index contributed by atoms with van der Waals surface area (Å²) in [5.41, 5.74) is 1.70. The van der Waals surface area contributed by atoms with Crippen molar-refractivity contribution in [3.8, 4) is 5.75 Å². The largest absolute Gasteiger partial charge is 0.496 e. The van der Waals surface area contributed by atoms with Crippen molar-refractivity contribution in [3.63, 3.8) is 0 Å². The van der Waals surface area contributed by atoms with Gasteiger partial charge in [-0.15, -0.1) is 0 Å². The molecule has 1 saturated heterocycles. The molecule has 1 aliphatic heterocycles. The van der Waals surface area contributed by atoms with Gasteiger partial charge in [0.2, 0.25) is 0 Å². The number of ether oxygens (including phenoxy) is 2. The van der Waals surface area contributed by atoms with Crippen LogP contribution in [-0.4, -0.2) is 42.3 Å². The lowest BCUT2D eigenvalue weighted by Gasteiger charge is -2.18. The van der Waals surface area contributed by atoms with E-state index >= 15 is 0 Å². The molecule has 1 aromatic carbocycles. The van der Waals surface area contributed by atoms with Crippen molar-refractivity contribution in [3.05, 3.63) is 34.2 Å². The topological polar surface area (TPSA) is 72.9 Å². The van der Waals surface area contributed by atoms with E-state index in [2.05, 4.69) is 4.74 Å². The molecular formula is C16H17NO5S. The van der Waals surface area contributed by atoms with Crippen LogP contribution >= 0.6 is 11.8 Å². The summed E-state index contributed by atoms with van der Waals surface area (Å²) in [5, 5.41) is -0.482. The van der Waals surface area contributed by atoms with Gasteiger partial charge >= 0.3 is 5.97 Å². The Hall–Kier alpha value is -2.28. The molecule has 0 N–H and O–H groups in total. The Kier molecular flexibility index (Phi) is 5.10. The van der Waals surface area contributed by atoms with Crippen molar-refractivity contribution in [2.75, 3.05) is 14.2 Å². The summed E-state index contributed by atoms with van der Waals surface area (Å²) in [6, 6.07) is 4.50. The summed E-state index contributed by atoms with van der Waals surface area (Å²) in [4.78, 5) is 37.1. The number of amides is 2. The Morgan fingerprint density at radius 3 is 2.57 bits per heavy atom. The van der Waals surface area contributed by atoms with E-state index in [0.717, 1.165) is 33.5 Å². The molecule has 7 heteroatoms. The summed E-state index contributed by atoms with van der Waals surface area (Å²) in [5.74, 6) is -0.380. The molecule has 0 aliphatic carbocycles. The molecule has 0 unspecified atom stereocenters. The van der Waals surface area contributed by atoms with Crippen LogP contribution in [0.25, 0.3) is 6.08 Å². The molecule has 23 heavy (non-hydrogen) atoms. The van der Waals surface area contributed by atoms with Crippen LogP contribution in [0.4, 0.5) is 4.79 Å². The van der Waals surface area contributed by atoms with E-state index in [1.54, 1.807) is 25.3 Å². The summed E-state index contributed by atoms with van der Waals surface area (Å²) < 4.78 is 9.78. The van der Waals surface area contributed by atoms with Crippen LogP contribution in [0.3, 0.4) is 0 Å². The van der Waals surface area contributed by atoms with Crippen molar-refractivity contribution in [2.24, 2.45) is 0 Å².